The Bertz CT molecular complexity index is 373. The first kappa shape index (κ1) is 14.4. The van der Waals surface area contributed by atoms with Gasteiger partial charge in [-0.3, -0.25) is 4.79 Å². The highest BCUT2D eigenvalue weighted by molar-refractivity contribution is 5.93. The second-order valence-corrected chi connectivity index (χ2v) is 4.68. The fraction of sp³-hybridized carbons (Fsp3) is 0.538. The molecule has 1 aromatic rings. The molecule has 0 radical (unpaired) electrons. The monoisotopic (exact) mass is 250 g/mol. The molecule has 0 aliphatic heterocycles. The molecular formula is C13H22N4O. The van der Waals surface area contributed by atoms with Crippen LogP contribution in [0.2, 0.25) is 0 Å². The summed E-state index contributed by atoms with van der Waals surface area (Å²) in [4.78, 5) is 17.4. The molecule has 0 saturated heterocycles. The minimum atomic E-state index is -0.0361. The summed E-state index contributed by atoms with van der Waals surface area (Å²) in [7, 11) is 3.45. The van der Waals surface area contributed by atoms with E-state index in [1.54, 1.807) is 26.4 Å². The van der Waals surface area contributed by atoms with Crippen LogP contribution in [0.5, 0.6) is 0 Å². The van der Waals surface area contributed by atoms with Crippen molar-refractivity contribution in [2.24, 2.45) is 5.73 Å². The molecule has 0 aliphatic carbocycles. The molecule has 5 nitrogen and oxygen atoms in total. The van der Waals surface area contributed by atoms with Crippen LogP contribution in [-0.2, 0) is 0 Å². The van der Waals surface area contributed by atoms with Crippen molar-refractivity contribution in [2.75, 3.05) is 26.0 Å². The van der Waals surface area contributed by atoms with Crippen molar-refractivity contribution in [1.29, 1.82) is 0 Å². The van der Waals surface area contributed by atoms with Crippen molar-refractivity contribution >= 4 is 11.7 Å². The minimum absolute atomic E-state index is 0.0361. The molecule has 0 aliphatic rings. The maximum Gasteiger partial charge on any atom is 0.254 e. The lowest BCUT2D eigenvalue weighted by Crippen LogP contribution is -2.21. The van der Waals surface area contributed by atoms with E-state index >= 15 is 0 Å². The molecule has 1 rings (SSSR count). The zero-order valence-corrected chi connectivity index (χ0v) is 11.3. The topological polar surface area (TPSA) is 71.2 Å². The van der Waals surface area contributed by atoms with Crippen molar-refractivity contribution in [3.05, 3.63) is 23.9 Å². The Labute approximate surface area is 108 Å². The first-order chi connectivity index (χ1) is 8.50. The Morgan fingerprint density at radius 1 is 1.50 bits per heavy atom. The number of carbonyl (C=O) groups is 1. The molecule has 0 spiro atoms. The number of hydrogen-bond acceptors (Lipinski definition) is 4. The number of rotatable bonds is 6. The predicted molar refractivity (Wildman–Crippen MR) is 73.6 cm³/mol. The molecule has 3 N–H and O–H groups in total. The summed E-state index contributed by atoms with van der Waals surface area (Å²) in [5.41, 5.74) is 6.27. The van der Waals surface area contributed by atoms with Crippen LogP contribution >= 0.6 is 0 Å². The predicted octanol–water partition coefficient (Wildman–Crippen LogP) is 1.32. The van der Waals surface area contributed by atoms with Crippen LogP contribution in [0.3, 0.4) is 0 Å². The highest BCUT2D eigenvalue weighted by atomic mass is 16.2. The van der Waals surface area contributed by atoms with Crippen molar-refractivity contribution in [3.8, 4) is 0 Å². The van der Waals surface area contributed by atoms with Crippen LogP contribution in [0.1, 0.15) is 30.1 Å². The summed E-state index contributed by atoms with van der Waals surface area (Å²) < 4.78 is 0. The fourth-order valence-corrected chi connectivity index (χ4v) is 1.52. The fourth-order valence-electron chi connectivity index (χ4n) is 1.52. The van der Waals surface area contributed by atoms with E-state index in [0.29, 0.717) is 5.56 Å². The summed E-state index contributed by atoms with van der Waals surface area (Å²) in [5, 5.41) is 3.20. The Balaban J connectivity index is 2.43. The van der Waals surface area contributed by atoms with Crippen LogP contribution < -0.4 is 11.1 Å². The average molecular weight is 250 g/mol. The Morgan fingerprint density at radius 2 is 2.22 bits per heavy atom. The lowest BCUT2D eigenvalue weighted by atomic mass is 10.2. The van der Waals surface area contributed by atoms with E-state index in [1.807, 2.05) is 13.0 Å². The normalized spacial score (nSPS) is 12.0. The van der Waals surface area contributed by atoms with E-state index in [2.05, 4.69) is 10.3 Å². The standard InChI is InChI=1S/C13H22N4O/c1-10(14)5-4-8-15-12-7-6-11(9-16-12)13(18)17(2)3/h6-7,9-10H,4-5,8,14H2,1-3H3,(H,15,16). The summed E-state index contributed by atoms with van der Waals surface area (Å²) in [6.07, 6.45) is 3.60. The number of anilines is 1. The van der Waals surface area contributed by atoms with Gasteiger partial charge in [-0.25, -0.2) is 4.98 Å². The zero-order valence-electron chi connectivity index (χ0n) is 11.3. The zero-order chi connectivity index (χ0) is 13.5. The number of aromatic nitrogens is 1. The summed E-state index contributed by atoms with van der Waals surface area (Å²) in [6, 6.07) is 3.84. The van der Waals surface area contributed by atoms with Crippen molar-refractivity contribution < 1.29 is 4.79 Å². The van der Waals surface area contributed by atoms with Gasteiger partial charge < -0.3 is 16.0 Å². The third kappa shape index (κ3) is 4.71. The molecule has 5 heteroatoms. The van der Waals surface area contributed by atoms with E-state index in [0.717, 1.165) is 25.2 Å². The summed E-state index contributed by atoms with van der Waals surface area (Å²) >= 11 is 0. The highest BCUT2D eigenvalue weighted by Crippen LogP contribution is 2.07. The Hall–Kier alpha value is -1.62. The smallest absolute Gasteiger partial charge is 0.254 e. The van der Waals surface area contributed by atoms with Gasteiger partial charge in [0.05, 0.1) is 5.56 Å². The molecule has 0 fully saturated rings. The number of nitrogens with two attached hydrogens (primary N) is 1. The number of nitrogens with one attached hydrogen (secondary N) is 1. The van der Waals surface area contributed by atoms with Crippen LogP contribution in [0.15, 0.2) is 18.3 Å². The second-order valence-electron chi connectivity index (χ2n) is 4.68. The van der Waals surface area contributed by atoms with Gasteiger partial charge >= 0.3 is 0 Å². The Morgan fingerprint density at radius 3 is 2.72 bits per heavy atom. The molecule has 0 bridgehead atoms. The molecule has 1 aromatic heterocycles. The van der Waals surface area contributed by atoms with Crippen LogP contribution in [0.4, 0.5) is 5.82 Å². The summed E-state index contributed by atoms with van der Waals surface area (Å²) in [6.45, 7) is 2.84. The highest BCUT2D eigenvalue weighted by Gasteiger charge is 2.07. The lowest BCUT2D eigenvalue weighted by molar-refractivity contribution is 0.0827. The maximum absolute atomic E-state index is 11.6. The third-order valence-corrected chi connectivity index (χ3v) is 2.56. The maximum atomic E-state index is 11.6. The number of pyridine rings is 1. The van der Waals surface area contributed by atoms with Crippen LogP contribution in [0.25, 0.3) is 0 Å². The molecule has 0 aromatic carbocycles. The minimum Gasteiger partial charge on any atom is -0.370 e. The molecule has 100 valence electrons. The van der Waals surface area contributed by atoms with Gasteiger partial charge in [0.25, 0.3) is 5.91 Å². The van der Waals surface area contributed by atoms with E-state index in [-0.39, 0.29) is 11.9 Å². The first-order valence-corrected chi connectivity index (χ1v) is 6.18. The second kappa shape index (κ2) is 6.96. The van der Waals surface area contributed by atoms with Gasteiger partial charge in [-0.15, -0.1) is 0 Å². The third-order valence-electron chi connectivity index (χ3n) is 2.56. The molecule has 0 saturated carbocycles. The number of nitrogens with zero attached hydrogens (tertiary/aromatic N) is 2. The number of amides is 1. The number of hydrogen-bond donors (Lipinski definition) is 2. The van der Waals surface area contributed by atoms with Gasteiger partial charge in [-0.1, -0.05) is 0 Å². The van der Waals surface area contributed by atoms with Crippen LogP contribution in [0, 0.1) is 0 Å². The average Bonchev–Trinajstić information content (AvgIpc) is 2.34. The van der Waals surface area contributed by atoms with E-state index in [4.69, 9.17) is 5.73 Å². The van der Waals surface area contributed by atoms with Crippen LogP contribution in [-0.4, -0.2) is 42.5 Å². The molecule has 18 heavy (non-hydrogen) atoms. The van der Waals surface area contributed by atoms with Crippen molar-refractivity contribution in [3.63, 3.8) is 0 Å². The first-order valence-electron chi connectivity index (χ1n) is 6.18. The molecule has 1 heterocycles. The van der Waals surface area contributed by atoms with Gasteiger partial charge in [0, 0.05) is 32.9 Å². The van der Waals surface area contributed by atoms with Gasteiger partial charge in [0.1, 0.15) is 5.82 Å². The van der Waals surface area contributed by atoms with Gasteiger partial charge in [-0.05, 0) is 31.9 Å². The number of carbonyl (C=O) groups excluding carboxylic acids is 1. The summed E-state index contributed by atoms with van der Waals surface area (Å²) in [5.74, 6) is 0.751. The van der Waals surface area contributed by atoms with Crippen molar-refractivity contribution in [1.82, 2.24) is 9.88 Å². The van der Waals surface area contributed by atoms with E-state index in [9.17, 15) is 4.79 Å². The van der Waals surface area contributed by atoms with E-state index in [1.165, 1.54) is 4.90 Å². The van der Waals surface area contributed by atoms with Crippen molar-refractivity contribution in [2.45, 2.75) is 25.8 Å². The molecule has 1 amide bonds. The largest absolute Gasteiger partial charge is 0.370 e. The Kier molecular flexibility index (Phi) is 5.58. The quantitative estimate of drug-likeness (QED) is 0.747. The molecule has 1 atom stereocenters. The van der Waals surface area contributed by atoms with Gasteiger partial charge in [-0.2, -0.15) is 0 Å². The van der Waals surface area contributed by atoms with Gasteiger partial charge in [0.2, 0.25) is 0 Å². The SMILES string of the molecule is CC(N)CCCNc1ccc(C(=O)N(C)C)cn1. The molecule has 1 unspecified atom stereocenters. The lowest BCUT2D eigenvalue weighted by Gasteiger charge is -2.11. The van der Waals surface area contributed by atoms with E-state index < -0.39 is 0 Å². The molecular weight excluding hydrogens is 228 g/mol. The van der Waals surface area contributed by atoms with Gasteiger partial charge in [0.15, 0.2) is 0 Å².